The van der Waals surface area contributed by atoms with Crippen molar-refractivity contribution in [2.24, 2.45) is 5.92 Å². The van der Waals surface area contributed by atoms with E-state index in [1.165, 1.54) is 39.3 Å². The Kier molecular flexibility index (Phi) is 6.60. The number of thioether (sulfide) groups is 1. The van der Waals surface area contributed by atoms with Crippen molar-refractivity contribution in [3.63, 3.8) is 0 Å². The molecule has 2 aromatic heterocycles. The zero-order valence-electron chi connectivity index (χ0n) is 16.0. The van der Waals surface area contributed by atoms with Gasteiger partial charge in [-0.05, 0) is 67.2 Å². The average molecular weight is 493 g/mol. The van der Waals surface area contributed by atoms with Crippen molar-refractivity contribution in [2.75, 3.05) is 11.1 Å². The predicted molar refractivity (Wildman–Crippen MR) is 127 cm³/mol. The molecule has 0 bridgehead atoms. The Labute approximate surface area is 196 Å². The van der Waals surface area contributed by atoms with Crippen LogP contribution < -0.4 is 5.32 Å². The predicted octanol–water partition coefficient (Wildman–Crippen LogP) is 6.11. The first-order chi connectivity index (χ1) is 14.4. The van der Waals surface area contributed by atoms with Gasteiger partial charge in [-0.2, -0.15) is 5.26 Å². The second kappa shape index (κ2) is 9.20. The molecule has 0 fully saturated rings. The molecule has 0 radical (unpaired) electrons. The quantitative estimate of drug-likeness (QED) is 0.344. The molecule has 1 amide bonds. The summed E-state index contributed by atoms with van der Waals surface area (Å²) in [6, 6.07) is 9.55. The number of carbonyl (C=O) groups is 1. The van der Waals surface area contributed by atoms with Crippen LogP contribution in [0.15, 0.2) is 28.6 Å². The molecule has 10 heteroatoms. The van der Waals surface area contributed by atoms with Crippen LogP contribution >= 0.6 is 58.3 Å². The van der Waals surface area contributed by atoms with Gasteiger partial charge in [0.2, 0.25) is 5.91 Å². The molecule has 0 aliphatic heterocycles. The van der Waals surface area contributed by atoms with E-state index in [0.29, 0.717) is 29.8 Å². The van der Waals surface area contributed by atoms with Crippen LogP contribution in [-0.4, -0.2) is 21.4 Å². The highest BCUT2D eigenvalue weighted by atomic mass is 35.5. The summed E-state index contributed by atoms with van der Waals surface area (Å²) in [7, 11) is 0. The molecule has 0 saturated carbocycles. The summed E-state index contributed by atoms with van der Waals surface area (Å²) in [6.07, 6.45) is 2.97. The Morgan fingerprint density at radius 3 is 2.93 bits per heavy atom. The summed E-state index contributed by atoms with van der Waals surface area (Å²) < 4.78 is 2.98. The Morgan fingerprint density at radius 2 is 2.20 bits per heavy atom. The molecule has 1 aromatic carbocycles. The van der Waals surface area contributed by atoms with Gasteiger partial charge in [0.25, 0.3) is 0 Å². The third kappa shape index (κ3) is 4.63. The maximum Gasteiger partial charge on any atom is 0.235 e. The summed E-state index contributed by atoms with van der Waals surface area (Å²) >= 11 is 15.6. The summed E-state index contributed by atoms with van der Waals surface area (Å²) in [5.74, 6) is 0.668. The number of benzene rings is 1. The average Bonchev–Trinajstić information content (AvgIpc) is 3.26. The van der Waals surface area contributed by atoms with Crippen molar-refractivity contribution in [3.8, 4) is 11.8 Å². The third-order valence-electron chi connectivity index (χ3n) is 4.80. The molecule has 1 unspecified atom stereocenters. The summed E-state index contributed by atoms with van der Waals surface area (Å²) in [5, 5.41) is 18.3. The second-order valence-corrected chi connectivity index (χ2v) is 11.4. The minimum atomic E-state index is -0.151. The van der Waals surface area contributed by atoms with E-state index < -0.39 is 0 Å². The van der Waals surface area contributed by atoms with Gasteiger partial charge in [-0.3, -0.25) is 4.79 Å². The van der Waals surface area contributed by atoms with Crippen LogP contribution in [0.2, 0.25) is 5.02 Å². The minimum absolute atomic E-state index is 0.151. The molecule has 5 nitrogen and oxygen atoms in total. The number of amides is 1. The maximum absolute atomic E-state index is 12.5. The molecule has 2 heterocycles. The Morgan fingerprint density at radius 1 is 1.43 bits per heavy atom. The van der Waals surface area contributed by atoms with Crippen molar-refractivity contribution in [2.45, 2.75) is 30.5 Å². The monoisotopic (exact) mass is 492 g/mol. The summed E-state index contributed by atoms with van der Waals surface area (Å²) in [5.41, 5.74) is 2.57. The van der Waals surface area contributed by atoms with E-state index in [9.17, 15) is 10.1 Å². The van der Waals surface area contributed by atoms with Gasteiger partial charge in [0.05, 0.1) is 17.0 Å². The first-order valence-corrected chi connectivity index (χ1v) is 12.7. The van der Waals surface area contributed by atoms with Gasteiger partial charge in [0, 0.05) is 9.90 Å². The van der Waals surface area contributed by atoms with E-state index >= 15 is 0 Å². The fraction of sp³-hybridized carbons (Fsp3) is 0.300. The highest BCUT2D eigenvalue weighted by Gasteiger charge is 2.24. The van der Waals surface area contributed by atoms with Crippen molar-refractivity contribution >= 4 is 69.2 Å². The number of nitrogens with one attached hydrogen (secondary N) is 1. The lowest BCUT2D eigenvalue weighted by atomic mass is 9.89. The molecule has 3 aromatic rings. The van der Waals surface area contributed by atoms with Gasteiger partial charge in [0.15, 0.2) is 8.29 Å². The highest BCUT2D eigenvalue weighted by Crippen LogP contribution is 2.39. The fourth-order valence-electron chi connectivity index (χ4n) is 3.31. The molecule has 0 saturated heterocycles. The summed E-state index contributed by atoms with van der Waals surface area (Å²) in [4.78, 5) is 13.8. The van der Waals surface area contributed by atoms with E-state index in [1.54, 1.807) is 16.8 Å². The van der Waals surface area contributed by atoms with Gasteiger partial charge < -0.3 is 5.32 Å². The molecule has 4 rings (SSSR count). The van der Waals surface area contributed by atoms with Crippen molar-refractivity contribution < 1.29 is 4.79 Å². The van der Waals surface area contributed by atoms with Crippen molar-refractivity contribution in [3.05, 3.63) is 49.2 Å². The first kappa shape index (κ1) is 21.5. The topological polar surface area (TPSA) is 70.7 Å². The van der Waals surface area contributed by atoms with Crippen LogP contribution in [-0.2, 0) is 17.6 Å². The molecular weight excluding hydrogens is 476 g/mol. The molecule has 1 atom stereocenters. The number of nitriles is 1. The van der Waals surface area contributed by atoms with E-state index in [-0.39, 0.29) is 11.7 Å². The van der Waals surface area contributed by atoms with E-state index in [2.05, 4.69) is 23.4 Å². The third-order valence-corrected chi connectivity index (χ3v) is 8.59. The van der Waals surface area contributed by atoms with Crippen molar-refractivity contribution in [1.29, 1.82) is 5.26 Å². The van der Waals surface area contributed by atoms with Crippen LogP contribution in [0.3, 0.4) is 0 Å². The maximum atomic E-state index is 12.5. The smallest absolute Gasteiger partial charge is 0.235 e. The zero-order chi connectivity index (χ0) is 21.3. The number of fused-ring (bicyclic) bond motifs is 1. The van der Waals surface area contributed by atoms with Crippen LogP contribution in [0.4, 0.5) is 5.00 Å². The molecule has 1 N–H and O–H groups in total. The Bertz CT molecular complexity index is 1190. The van der Waals surface area contributed by atoms with Crippen LogP contribution in [0.5, 0.6) is 0 Å². The fourth-order valence-corrected chi connectivity index (χ4v) is 6.98. The lowest BCUT2D eigenvalue weighted by Crippen LogP contribution is -2.14. The molecule has 30 heavy (non-hydrogen) atoms. The van der Waals surface area contributed by atoms with E-state index in [4.69, 9.17) is 23.8 Å². The summed E-state index contributed by atoms with van der Waals surface area (Å²) in [6.45, 7) is 2.22. The lowest BCUT2D eigenvalue weighted by molar-refractivity contribution is -0.113. The van der Waals surface area contributed by atoms with Gasteiger partial charge in [0.1, 0.15) is 11.1 Å². The second-order valence-electron chi connectivity index (χ2n) is 7.03. The van der Waals surface area contributed by atoms with E-state index in [1.807, 2.05) is 12.1 Å². The number of anilines is 1. The van der Waals surface area contributed by atoms with Crippen LogP contribution in [0.25, 0.3) is 5.69 Å². The SMILES string of the molecule is CC1CCc2c(sc(NC(=O)CSc3nn(-c4ccc(Cl)cc4)c(=S)s3)c2C#N)C1. The highest BCUT2D eigenvalue weighted by molar-refractivity contribution is 8.01. The number of hydrogen-bond acceptors (Lipinski definition) is 7. The first-order valence-electron chi connectivity index (χ1n) is 9.28. The van der Waals surface area contributed by atoms with Gasteiger partial charge in [-0.25, -0.2) is 4.68 Å². The number of rotatable bonds is 5. The standard InChI is InChI=1S/C20H17ClN4OS4/c1-11-2-7-14-15(9-22)18(29-16(14)8-11)23-17(26)10-28-19-24-25(20(27)30-19)13-5-3-12(21)4-6-13/h3-6,11H,2,7-8,10H2,1H3,(H,23,26). The number of carbonyl (C=O) groups excluding carboxylic acids is 1. The molecule has 154 valence electrons. The number of thiophene rings is 1. The minimum Gasteiger partial charge on any atom is -0.316 e. The van der Waals surface area contributed by atoms with E-state index in [0.717, 1.165) is 30.5 Å². The van der Waals surface area contributed by atoms with Crippen LogP contribution in [0, 0.1) is 21.2 Å². The van der Waals surface area contributed by atoms with Gasteiger partial charge in [-0.15, -0.1) is 16.4 Å². The van der Waals surface area contributed by atoms with Gasteiger partial charge >= 0.3 is 0 Å². The normalized spacial score (nSPS) is 15.4. The Hall–Kier alpha value is -1.70. The molecular formula is C20H17ClN4OS4. The van der Waals surface area contributed by atoms with Crippen molar-refractivity contribution in [1.82, 2.24) is 9.78 Å². The molecule has 1 aliphatic rings. The van der Waals surface area contributed by atoms with Crippen LogP contribution in [0.1, 0.15) is 29.3 Å². The number of nitrogens with zero attached hydrogens (tertiary/aromatic N) is 3. The van der Waals surface area contributed by atoms with Gasteiger partial charge in [-0.1, -0.05) is 41.6 Å². The Balaban J connectivity index is 1.43. The largest absolute Gasteiger partial charge is 0.316 e. The number of halogens is 1. The molecule has 0 spiro atoms. The zero-order valence-corrected chi connectivity index (χ0v) is 20.0. The number of aromatic nitrogens is 2. The number of hydrogen-bond donors (Lipinski definition) is 1. The molecule has 1 aliphatic carbocycles. The lowest BCUT2D eigenvalue weighted by Gasteiger charge is -2.17.